The normalized spacial score (nSPS) is 12.2. The molecule has 1 heterocycles. The molecule has 0 fully saturated rings. The Morgan fingerprint density at radius 1 is 1.15 bits per heavy atom. The summed E-state index contributed by atoms with van der Waals surface area (Å²) in [5.41, 5.74) is 4.41. The summed E-state index contributed by atoms with van der Waals surface area (Å²) in [5.74, 6) is 1.32. The van der Waals surface area contributed by atoms with E-state index < -0.39 is 0 Å². The van der Waals surface area contributed by atoms with Crippen LogP contribution in [0.25, 0.3) is 5.70 Å². The van der Waals surface area contributed by atoms with Gasteiger partial charge in [-0.1, -0.05) is 65.0 Å². The summed E-state index contributed by atoms with van der Waals surface area (Å²) < 4.78 is 0. The minimum absolute atomic E-state index is 0.581. The van der Waals surface area contributed by atoms with Crippen molar-refractivity contribution < 1.29 is 11.3 Å². The molecule has 0 aromatic carbocycles. The molecule has 0 atom stereocenters. The predicted octanol–water partition coefficient (Wildman–Crippen LogP) is 9.51. The van der Waals surface area contributed by atoms with Crippen LogP contribution in [0.4, 0.5) is 0 Å². The molecule has 0 aliphatic carbocycles. The maximum absolute atomic E-state index is 4.50. The van der Waals surface area contributed by atoms with E-state index in [2.05, 4.69) is 109 Å². The fourth-order valence-corrected chi connectivity index (χ4v) is 2.24. The number of halogens is 2. The van der Waals surface area contributed by atoms with E-state index in [1.807, 2.05) is 51.3 Å². The van der Waals surface area contributed by atoms with Gasteiger partial charge in [-0.2, -0.15) is 0 Å². The zero-order valence-corrected chi connectivity index (χ0v) is 26.4. The summed E-state index contributed by atoms with van der Waals surface area (Å²) >= 11 is 7.00. The molecule has 0 bridgehead atoms. The van der Waals surface area contributed by atoms with Gasteiger partial charge in [0.1, 0.15) is 0 Å². The fraction of sp³-hybridized carbons (Fsp3) is 0.464. The second-order valence-electron chi connectivity index (χ2n) is 7.69. The molecule has 6 heteroatoms. The number of hydrogen-bond donors (Lipinski definition) is 0. The Labute approximate surface area is 230 Å². The monoisotopic (exact) mass is 635 g/mol. The van der Waals surface area contributed by atoms with E-state index in [0.717, 1.165) is 53.7 Å². The van der Waals surface area contributed by atoms with Gasteiger partial charge in [0.05, 0.1) is 17.9 Å². The van der Waals surface area contributed by atoms with Crippen LogP contribution in [0.3, 0.4) is 0 Å². The van der Waals surface area contributed by atoms with Crippen molar-refractivity contribution in [1.82, 2.24) is 4.98 Å². The Hall–Kier alpha value is -1.25. The van der Waals surface area contributed by atoms with Gasteiger partial charge < -0.3 is 0 Å². The molecule has 0 N–H and O–H groups in total. The maximum atomic E-state index is 4.50. The Balaban J connectivity index is -0.000000475. The number of aromatic nitrogens is 1. The Kier molecular flexibility index (Phi) is 30.7. The fourth-order valence-electron chi connectivity index (χ4n) is 2.24. The minimum atomic E-state index is 0.581. The van der Waals surface area contributed by atoms with Gasteiger partial charge in [-0.15, -0.1) is 12.8 Å². The van der Waals surface area contributed by atoms with Crippen molar-refractivity contribution >= 4 is 45.8 Å². The molecule has 0 unspecified atom stereocenters. The van der Waals surface area contributed by atoms with Gasteiger partial charge in [0.2, 0.25) is 0 Å². The Morgan fingerprint density at radius 3 is 2.18 bits per heavy atom. The molecule has 0 saturated carbocycles. The van der Waals surface area contributed by atoms with Crippen molar-refractivity contribution in [3.8, 4) is 12.8 Å². The molecule has 0 spiro atoms. The number of hydrogen-bond acceptors (Lipinski definition) is 3. The third-order valence-corrected chi connectivity index (χ3v) is 4.28. The van der Waals surface area contributed by atoms with E-state index in [4.69, 9.17) is 0 Å². The van der Waals surface area contributed by atoms with Gasteiger partial charge in [0, 0.05) is 11.9 Å². The Morgan fingerprint density at radius 2 is 1.76 bits per heavy atom. The standard InChI is InChI=1S/C14H25N.C12H16N2.C2H2.2BrH.Fe/c1-6-15-11-14(13(4)5)10-8-7-9-12(2)3;1-4-10(3)14-11(5-2)12-8-6-7-9-13-12;1-2;;;/h6-8,10,12-13H,9,11H2,1-5H3;5-9H,4H2,1-3H3;1-2H;2*1H;/q;;;;;+2/p-2/b8-7-,14-10+,15-6?;11-5-,14-10?;;;;. The number of rotatable bonds is 9. The first-order valence-electron chi connectivity index (χ1n) is 11.4. The van der Waals surface area contributed by atoms with Crippen molar-refractivity contribution in [2.24, 2.45) is 21.8 Å². The molecule has 1 aromatic heterocycles. The molecule has 0 aliphatic heterocycles. The quantitative estimate of drug-likeness (QED) is 0.115. The number of aliphatic imine (C=N–C) groups is 2. The average molecular weight is 637 g/mol. The summed E-state index contributed by atoms with van der Waals surface area (Å²) in [6, 6.07) is 5.86. The molecule has 34 heavy (non-hydrogen) atoms. The number of nitrogens with zero attached hydrogens (tertiary/aromatic N) is 3. The number of terminal acetylenes is 1. The first-order chi connectivity index (χ1) is 16.3. The van der Waals surface area contributed by atoms with Crippen LogP contribution in [-0.4, -0.2) is 23.5 Å². The van der Waals surface area contributed by atoms with Crippen molar-refractivity contribution in [2.45, 2.75) is 68.2 Å². The van der Waals surface area contributed by atoms with Gasteiger partial charge >= 0.3 is 39.6 Å². The first kappa shape index (κ1) is 37.3. The first-order valence-corrected chi connectivity index (χ1v) is 16.8. The molecule has 1 aromatic rings. The van der Waals surface area contributed by atoms with Crippen molar-refractivity contribution in [1.29, 1.82) is 0 Å². The van der Waals surface area contributed by atoms with E-state index >= 15 is 0 Å². The number of pyridine rings is 1. The third-order valence-electron chi connectivity index (χ3n) is 4.28. The molecule has 192 valence electrons. The summed E-state index contributed by atoms with van der Waals surface area (Å²) in [5, 5.41) is 0. The molecule has 0 amide bonds. The zero-order valence-electron chi connectivity index (χ0n) is 22.1. The third kappa shape index (κ3) is 23.9. The van der Waals surface area contributed by atoms with Gasteiger partial charge in [0.15, 0.2) is 0 Å². The topological polar surface area (TPSA) is 37.6 Å². The molecule has 1 rings (SSSR count). The van der Waals surface area contributed by atoms with Crippen LogP contribution in [-0.2, 0) is 11.3 Å². The van der Waals surface area contributed by atoms with E-state index in [9.17, 15) is 0 Å². The summed E-state index contributed by atoms with van der Waals surface area (Å²) in [7, 11) is 0. The zero-order chi connectivity index (χ0) is 26.8. The molecular formula is C28H43Br2FeN3. The van der Waals surface area contributed by atoms with Crippen LogP contribution < -0.4 is 0 Å². The summed E-state index contributed by atoms with van der Waals surface area (Å²) in [6.07, 6.45) is 22.4. The van der Waals surface area contributed by atoms with Crippen LogP contribution in [0.1, 0.15) is 73.9 Å². The molecule has 0 aliphatic rings. The van der Waals surface area contributed by atoms with Crippen molar-refractivity contribution in [3.05, 3.63) is 60.0 Å². The SMILES string of the molecule is C#C.C/C=C(\N=C(C)CC)c1ccccn1.CC=NC/C(=C\C=C/CC(C)C)C(C)C.[Br][Fe][Br]. The van der Waals surface area contributed by atoms with E-state index in [-0.39, 0.29) is 0 Å². The van der Waals surface area contributed by atoms with Crippen LogP contribution >= 0.6 is 28.2 Å². The van der Waals surface area contributed by atoms with Gasteiger partial charge in [-0.3, -0.25) is 15.0 Å². The van der Waals surface area contributed by atoms with Gasteiger partial charge in [0.25, 0.3) is 0 Å². The predicted molar refractivity (Wildman–Crippen MR) is 160 cm³/mol. The molecule has 0 radical (unpaired) electrons. The van der Waals surface area contributed by atoms with Crippen LogP contribution in [0, 0.1) is 24.7 Å². The molecular weight excluding hydrogens is 594 g/mol. The van der Waals surface area contributed by atoms with Crippen LogP contribution in [0.2, 0.25) is 0 Å². The van der Waals surface area contributed by atoms with E-state index in [1.165, 1.54) is 5.57 Å². The van der Waals surface area contributed by atoms with Crippen LogP contribution in [0.5, 0.6) is 0 Å². The molecule has 3 nitrogen and oxygen atoms in total. The summed E-state index contributed by atoms with van der Waals surface area (Å²) in [6.45, 7) is 17.8. The van der Waals surface area contributed by atoms with Gasteiger partial charge in [-0.25, -0.2) is 0 Å². The second kappa shape index (κ2) is 28.0. The van der Waals surface area contributed by atoms with Gasteiger partial charge in [-0.05, 0) is 69.4 Å². The van der Waals surface area contributed by atoms with E-state index in [0.29, 0.717) is 5.92 Å². The van der Waals surface area contributed by atoms with Crippen molar-refractivity contribution in [2.75, 3.05) is 6.54 Å². The van der Waals surface area contributed by atoms with Crippen LogP contribution in [0.15, 0.2) is 64.3 Å². The summed E-state index contributed by atoms with van der Waals surface area (Å²) in [4.78, 5) is 13.0. The van der Waals surface area contributed by atoms with Crippen molar-refractivity contribution in [3.63, 3.8) is 0 Å². The Bertz CT molecular complexity index is 762. The average Bonchev–Trinajstić information content (AvgIpc) is 2.84. The molecule has 0 saturated heterocycles. The second-order valence-corrected chi connectivity index (χ2v) is 13.3. The number of allylic oxidation sites excluding steroid dienone is 4. The van der Waals surface area contributed by atoms with E-state index in [1.54, 1.807) is 6.20 Å².